The first-order chi connectivity index (χ1) is 9.52. The number of benzene rings is 1. The van der Waals surface area contributed by atoms with E-state index in [1.165, 1.54) is 16.4 Å². The van der Waals surface area contributed by atoms with Crippen molar-refractivity contribution in [3.63, 3.8) is 0 Å². The van der Waals surface area contributed by atoms with Crippen LogP contribution in [0.5, 0.6) is 5.75 Å². The summed E-state index contributed by atoms with van der Waals surface area (Å²) in [5.41, 5.74) is 5.39. The van der Waals surface area contributed by atoms with Gasteiger partial charge in [-0.25, -0.2) is 12.7 Å². The number of nitrogens with two attached hydrogens (primary N) is 1. The highest BCUT2D eigenvalue weighted by Gasteiger charge is 2.19. The SMILES string of the molecule is COCCOc1ccc(S(=O)(=O)N(C)CCCN)cc1. The quantitative estimate of drug-likeness (QED) is 0.678. The smallest absolute Gasteiger partial charge is 0.242 e. The average molecular weight is 302 g/mol. The molecule has 0 aromatic heterocycles. The number of ether oxygens (including phenoxy) is 2. The van der Waals surface area contributed by atoms with Crippen LogP contribution in [0.2, 0.25) is 0 Å². The van der Waals surface area contributed by atoms with E-state index in [-0.39, 0.29) is 4.90 Å². The molecule has 1 aromatic rings. The van der Waals surface area contributed by atoms with Crippen molar-refractivity contribution in [3.05, 3.63) is 24.3 Å². The van der Waals surface area contributed by atoms with Crippen molar-refractivity contribution in [2.75, 3.05) is 40.5 Å². The molecule has 0 aliphatic rings. The third-order valence-corrected chi connectivity index (χ3v) is 4.64. The minimum absolute atomic E-state index is 0.246. The lowest BCUT2D eigenvalue weighted by molar-refractivity contribution is 0.146. The van der Waals surface area contributed by atoms with Crippen LogP contribution in [0.3, 0.4) is 0 Å². The van der Waals surface area contributed by atoms with E-state index in [2.05, 4.69) is 0 Å². The molecule has 20 heavy (non-hydrogen) atoms. The summed E-state index contributed by atoms with van der Waals surface area (Å²) < 4.78 is 36.0. The van der Waals surface area contributed by atoms with Crippen LogP contribution in [0.4, 0.5) is 0 Å². The fourth-order valence-electron chi connectivity index (χ4n) is 1.56. The van der Waals surface area contributed by atoms with Crippen LogP contribution >= 0.6 is 0 Å². The Morgan fingerprint density at radius 2 is 1.85 bits per heavy atom. The number of nitrogens with zero attached hydrogens (tertiary/aromatic N) is 1. The van der Waals surface area contributed by atoms with Gasteiger partial charge in [0.05, 0.1) is 11.5 Å². The second-order valence-corrected chi connectivity index (χ2v) is 6.33. The fourth-order valence-corrected chi connectivity index (χ4v) is 2.77. The zero-order valence-electron chi connectivity index (χ0n) is 11.9. The number of rotatable bonds is 9. The molecule has 0 aliphatic carbocycles. The summed E-state index contributed by atoms with van der Waals surface area (Å²) in [5.74, 6) is 0.616. The van der Waals surface area contributed by atoms with E-state index >= 15 is 0 Å². The summed E-state index contributed by atoms with van der Waals surface area (Å²) in [6, 6.07) is 6.35. The van der Waals surface area contributed by atoms with Crippen molar-refractivity contribution in [1.82, 2.24) is 4.31 Å². The van der Waals surface area contributed by atoms with Gasteiger partial charge in [0.2, 0.25) is 10.0 Å². The molecule has 0 atom stereocenters. The lowest BCUT2D eigenvalue weighted by Crippen LogP contribution is -2.29. The van der Waals surface area contributed by atoms with Gasteiger partial charge in [-0.2, -0.15) is 0 Å². The largest absolute Gasteiger partial charge is 0.491 e. The van der Waals surface area contributed by atoms with Gasteiger partial charge in [0.15, 0.2) is 0 Å². The van der Waals surface area contributed by atoms with Gasteiger partial charge in [0, 0.05) is 20.7 Å². The minimum atomic E-state index is -3.46. The van der Waals surface area contributed by atoms with E-state index in [0.29, 0.717) is 38.5 Å². The lowest BCUT2D eigenvalue weighted by Gasteiger charge is -2.17. The average Bonchev–Trinajstić information content (AvgIpc) is 2.45. The molecule has 0 saturated heterocycles. The molecule has 0 radical (unpaired) electrons. The van der Waals surface area contributed by atoms with Crippen molar-refractivity contribution in [1.29, 1.82) is 0 Å². The second-order valence-electron chi connectivity index (χ2n) is 4.28. The Kier molecular flexibility index (Phi) is 6.94. The van der Waals surface area contributed by atoms with Crippen molar-refractivity contribution in [3.8, 4) is 5.75 Å². The zero-order valence-corrected chi connectivity index (χ0v) is 12.7. The standard InChI is InChI=1S/C13H22N2O4S/c1-15(9-3-8-14)20(16,17)13-6-4-12(5-7-13)19-11-10-18-2/h4-7H,3,8-11,14H2,1-2H3. The topological polar surface area (TPSA) is 81.9 Å². The van der Waals surface area contributed by atoms with Crippen LogP contribution < -0.4 is 10.5 Å². The monoisotopic (exact) mass is 302 g/mol. The molecule has 0 heterocycles. The fraction of sp³-hybridized carbons (Fsp3) is 0.538. The number of methoxy groups -OCH3 is 1. The Morgan fingerprint density at radius 1 is 1.20 bits per heavy atom. The third kappa shape index (κ3) is 4.75. The Bertz CT molecular complexity index is 488. The molecule has 1 rings (SSSR count). The molecule has 0 fully saturated rings. The number of hydrogen-bond acceptors (Lipinski definition) is 5. The summed E-state index contributed by atoms with van der Waals surface area (Å²) in [5, 5.41) is 0. The van der Waals surface area contributed by atoms with E-state index in [9.17, 15) is 8.42 Å². The van der Waals surface area contributed by atoms with E-state index in [4.69, 9.17) is 15.2 Å². The van der Waals surface area contributed by atoms with Gasteiger partial charge in [-0.3, -0.25) is 0 Å². The molecule has 0 saturated carbocycles. The first-order valence-corrected chi connectivity index (χ1v) is 7.84. The van der Waals surface area contributed by atoms with Crippen LogP contribution in [-0.2, 0) is 14.8 Å². The van der Waals surface area contributed by atoms with Gasteiger partial charge >= 0.3 is 0 Å². The summed E-state index contributed by atoms with van der Waals surface area (Å²) in [7, 11) is -0.313. The van der Waals surface area contributed by atoms with E-state index < -0.39 is 10.0 Å². The maximum absolute atomic E-state index is 12.2. The third-order valence-electron chi connectivity index (χ3n) is 2.77. The first kappa shape index (κ1) is 16.9. The summed E-state index contributed by atoms with van der Waals surface area (Å²) in [6.07, 6.45) is 0.633. The van der Waals surface area contributed by atoms with Crippen molar-refractivity contribution < 1.29 is 17.9 Å². The second kappa shape index (κ2) is 8.21. The van der Waals surface area contributed by atoms with Crippen LogP contribution in [-0.4, -0.2) is 53.2 Å². The maximum Gasteiger partial charge on any atom is 0.242 e. The van der Waals surface area contributed by atoms with Crippen LogP contribution in [0, 0.1) is 0 Å². The van der Waals surface area contributed by atoms with Gasteiger partial charge in [0.1, 0.15) is 12.4 Å². The Morgan fingerprint density at radius 3 is 2.40 bits per heavy atom. The molecule has 0 aliphatic heterocycles. The lowest BCUT2D eigenvalue weighted by atomic mass is 10.3. The summed E-state index contributed by atoms with van der Waals surface area (Å²) in [4.78, 5) is 0.246. The Labute approximate surface area is 120 Å². The van der Waals surface area contributed by atoms with Crippen LogP contribution in [0.1, 0.15) is 6.42 Å². The molecular weight excluding hydrogens is 280 g/mol. The molecule has 0 spiro atoms. The molecule has 7 heteroatoms. The molecule has 0 amide bonds. The maximum atomic E-state index is 12.2. The van der Waals surface area contributed by atoms with Gasteiger partial charge < -0.3 is 15.2 Å². The van der Waals surface area contributed by atoms with E-state index in [0.717, 1.165) is 0 Å². The van der Waals surface area contributed by atoms with Crippen molar-refractivity contribution >= 4 is 10.0 Å². The van der Waals surface area contributed by atoms with Crippen molar-refractivity contribution in [2.24, 2.45) is 5.73 Å². The van der Waals surface area contributed by atoms with Crippen molar-refractivity contribution in [2.45, 2.75) is 11.3 Å². The minimum Gasteiger partial charge on any atom is -0.491 e. The summed E-state index contributed by atoms with van der Waals surface area (Å²) >= 11 is 0. The molecule has 0 bridgehead atoms. The van der Waals surface area contributed by atoms with Crippen LogP contribution in [0.15, 0.2) is 29.2 Å². The zero-order chi connectivity index (χ0) is 15.0. The first-order valence-electron chi connectivity index (χ1n) is 6.40. The molecular formula is C13H22N2O4S. The van der Waals surface area contributed by atoms with E-state index in [1.807, 2.05) is 0 Å². The molecule has 2 N–H and O–H groups in total. The predicted molar refractivity (Wildman–Crippen MR) is 77.3 cm³/mol. The normalized spacial score (nSPS) is 11.8. The molecule has 1 aromatic carbocycles. The Hall–Kier alpha value is -1.15. The van der Waals surface area contributed by atoms with E-state index in [1.54, 1.807) is 26.3 Å². The number of hydrogen-bond donors (Lipinski definition) is 1. The molecule has 114 valence electrons. The van der Waals surface area contributed by atoms with Crippen LogP contribution in [0.25, 0.3) is 0 Å². The van der Waals surface area contributed by atoms with Gasteiger partial charge in [0.25, 0.3) is 0 Å². The highest BCUT2D eigenvalue weighted by Crippen LogP contribution is 2.18. The highest BCUT2D eigenvalue weighted by molar-refractivity contribution is 7.89. The Balaban J connectivity index is 2.71. The van der Waals surface area contributed by atoms with Gasteiger partial charge in [-0.1, -0.05) is 0 Å². The summed E-state index contributed by atoms with van der Waals surface area (Å²) in [6.45, 7) is 1.79. The predicted octanol–water partition coefficient (Wildman–Crippen LogP) is 0.681. The van der Waals surface area contributed by atoms with Gasteiger partial charge in [-0.05, 0) is 37.2 Å². The molecule has 6 nitrogen and oxygen atoms in total. The molecule has 0 unspecified atom stereocenters. The number of sulfonamides is 1. The van der Waals surface area contributed by atoms with Gasteiger partial charge in [-0.15, -0.1) is 0 Å². The highest BCUT2D eigenvalue weighted by atomic mass is 32.2.